The second kappa shape index (κ2) is 8.46. The highest BCUT2D eigenvalue weighted by atomic mass is 19.4. The minimum absolute atomic E-state index is 0.0875. The minimum atomic E-state index is -4.91. The summed E-state index contributed by atoms with van der Waals surface area (Å²) < 4.78 is 44.2. The molecule has 2 rings (SSSR count). The van der Waals surface area contributed by atoms with Crippen LogP contribution in [0.4, 0.5) is 19.1 Å². The number of benzene rings is 1. The van der Waals surface area contributed by atoms with Gasteiger partial charge in [0, 0.05) is 11.8 Å². The van der Waals surface area contributed by atoms with Crippen molar-refractivity contribution >= 4 is 17.8 Å². The number of nitrogens with zero attached hydrogens (tertiary/aromatic N) is 2. The maximum Gasteiger partial charge on any atom is 0.434 e. The van der Waals surface area contributed by atoms with Crippen molar-refractivity contribution < 1.29 is 27.5 Å². The second-order valence-electron chi connectivity index (χ2n) is 7.08. The molecule has 0 saturated heterocycles. The highest BCUT2D eigenvalue weighted by Gasteiger charge is 2.38. The number of hydrazine groups is 1. The highest BCUT2D eigenvalue weighted by molar-refractivity contribution is 5.95. The number of ether oxygens (including phenoxy) is 1. The molecule has 0 aliphatic carbocycles. The Morgan fingerprint density at radius 1 is 1.10 bits per heavy atom. The third-order valence-corrected chi connectivity index (χ3v) is 3.85. The Labute approximate surface area is 165 Å². The number of rotatable bonds is 5. The number of amides is 1. The van der Waals surface area contributed by atoms with Gasteiger partial charge in [-0.15, -0.1) is 0 Å². The van der Waals surface area contributed by atoms with Gasteiger partial charge in [-0.25, -0.2) is 14.8 Å². The first-order valence-corrected chi connectivity index (χ1v) is 8.71. The second-order valence-corrected chi connectivity index (χ2v) is 7.08. The lowest BCUT2D eigenvalue weighted by Gasteiger charge is -2.19. The van der Waals surface area contributed by atoms with Crippen LogP contribution in [0.5, 0.6) is 0 Å². The van der Waals surface area contributed by atoms with Crippen molar-refractivity contribution in [3.8, 4) is 0 Å². The zero-order chi connectivity index (χ0) is 21.8. The van der Waals surface area contributed by atoms with E-state index in [0.717, 1.165) is 5.56 Å². The third kappa shape index (κ3) is 5.66. The standard InChI is InChI=1S/C19H21F3N4O3/c1-5-29-16(28)13-10-23-17(24-14(13)19(20,21)22)26-25-15(27)11-6-8-12(9-7-11)18(2,3)4/h6-10H,5H2,1-4H3,(H,25,27)(H,23,24,26). The molecular weight excluding hydrogens is 389 g/mol. The van der Waals surface area contributed by atoms with E-state index in [-0.39, 0.29) is 12.0 Å². The van der Waals surface area contributed by atoms with E-state index in [0.29, 0.717) is 11.8 Å². The summed E-state index contributed by atoms with van der Waals surface area (Å²) in [5, 5.41) is 0. The molecule has 7 nitrogen and oxygen atoms in total. The van der Waals surface area contributed by atoms with Crippen molar-refractivity contribution in [3.63, 3.8) is 0 Å². The van der Waals surface area contributed by atoms with Gasteiger partial charge < -0.3 is 4.74 Å². The quantitative estimate of drug-likeness (QED) is 0.576. The first-order valence-electron chi connectivity index (χ1n) is 8.71. The van der Waals surface area contributed by atoms with E-state index in [9.17, 15) is 22.8 Å². The number of hydrogen-bond acceptors (Lipinski definition) is 6. The number of hydrogen-bond donors (Lipinski definition) is 2. The van der Waals surface area contributed by atoms with Gasteiger partial charge in [0.1, 0.15) is 5.56 Å². The van der Waals surface area contributed by atoms with Crippen molar-refractivity contribution in [2.45, 2.75) is 39.3 Å². The summed E-state index contributed by atoms with van der Waals surface area (Å²) in [6.07, 6.45) is -4.21. The number of nitrogens with one attached hydrogen (secondary N) is 2. The van der Waals surface area contributed by atoms with E-state index in [1.165, 1.54) is 6.92 Å². The summed E-state index contributed by atoms with van der Waals surface area (Å²) in [7, 11) is 0. The van der Waals surface area contributed by atoms with E-state index >= 15 is 0 Å². The normalized spacial score (nSPS) is 11.7. The first kappa shape index (κ1) is 22.1. The van der Waals surface area contributed by atoms with Crippen LogP contribution in [0.15, 0.2) is 30.5 Å². The number of aromatic nitrogens is 2. The van der Waals surface area contributed by atoms with E-state index in [2.05, 4.69) is 25.6 Å². The molecular formula is C19H21F3N4O3. The fraction of sp³-hybridized carbons (Fsp3) is 0.368. The third-order valence-electron chi connectivity index (χ3n) is 3.85. The van der Waals surface area contributed by atoms with Crippen LogP contribution >= 0.6 is 0 Å². The smallest absolute Gasteiger partial charge is 0.434 e. The van der Waals surface area contributed by atoms with E-state index in [4.69, 9.17) is 0 Å². The lowest BCUT2D eigenvalue weighted by atomic mass is 9.87. The average Bonchev–Trinajstić information content (AvgIpc) is 2.64. The molecule has 10 heteroatoms. The highest BCUT2D eigenvalue weighted by Crippen LogP contribution is 2.31. The van der Waals surface area contributed by atoms with Gasteiger partial charge >= 0.3 is 12.1 Å². The Morgan fingerprint density at radius 3 is 2.24 bits per heavy atom. The fourth-order valence-electron chi connectivity index (χ4n) is 2.32. The van der Waals surface area contributed by atoms with Crippen molar-refractivity contribution in [1.29, 1.82) is 0 Å². The number of carbonyl (C=O) groups is 2. The van der Waals surface area contributed by atoms with Gasteiger partial charge in [0.05, 0.1) is 6.61 Å². The van der Waals surface area contributed by atoms with Crippen LogP contribution in [-0.4, -0.2) is 28.5 Å². The average molecular weight is 410 g/mol. The van der Waals surface area contributed by atoms with Gasteiger partial charge in [-0.2, -0.15) is 13.2 Å². The Bertz CT molecular complexity index is 891. The molecule has 0 fully saturated rings. The summed E-state index contributed by atoms with van der Waals surface area (Å²) in [4.78, 5) is 30.8. The zero-order valence-corrected chi connectivity index (χ0v) is 16.3. The SMILES string of the molecule is CCOC(=O)c1cnc(NNC(=O)c2ccc(C(C)(C)C)cc2)nc1C(F)(F)F. The van der Waals surface area contributed by atoms with Gasteiger partial charge in [-0.3, -0.25) is 15.6 Å². The molecule has 0 aliphatic heterocycles. The molecule has 29 heavy (non-hydrogen) atoms. The number of carbonyl (C=O) groups excluding carboxylic acids is 2. The van der Waals surface area contributed by atoms with Gasteiger partial charge in [-0.05, 0) is 30.0 Å². The van der Waals surface area contributed by atoms with Crippen molar-refractivity contribution in [2.75, 3.05) is 12.0 Å². The lowest BCUT2D eigenvalue weighted by molar-refractivity contribution is -0.141. The van der Waals surface area contributed by atoms with Gasteiger partial charge in [0.2, 0.25) is 5.95 Å². The molecule has 0 radical (unpaired) electrons. The van der Waals surface area contributed by atoms with Crippen molar-refractivity contribution in [1.82, 2.24) is 15.4 Å². The number of esters is 1. The predicted molar refractivity (Wildman–Crippen MR) is 99.2 cm³/mol. The van der Waals surface area contributed by atoms with Crippen LogP contribution in [0.1, 0.15) is 59.7 Å². The Hall–Kier alpha value is -3.17. The maximum absolute atomic E-state index is 13.2. The minimum Gasteiger partial charge on any atom is -0.462 e. The van der Waals surface area contributed by atoms with E-state index in [1.807, 2.05) is 20.8 Å². The van der Waals surface area contributed by atoms with Crippen LogP contribution in [0.25, 0.3) is 0 Å². The maximum atomic E-state index is 13.2. The molecule has 0 unspecified atom stereocenters. The zero-order valence-electron chi connectivity index (χ0n) is 16.3. The van der Waals surface area contributed by atoms with Crippen LogP contribution in [0, 0.1) is 0 Å². The molecule has 1 aromatic heterocycles. The molecule has 1 amide bonds. The largest absolute Gasteiger partial charge is 0.462 e. The predicted octanol–water partition coefficient (Wildman–Crippen LogP) is 3.73. The molecule has 156 valence electrons. The molecule has 1 aromatic carbocycles. The summed E-state index contributed by atoms with van der Waals surface area (Å²) >= 11 is 0. The molecule has 0 spiro atoms. The number of halogens is 3. The molecule has 2 N–H and O–H groups in total. The molecule has 0 bridgehead atoms. The molecule has 2 aromatic rings. The molecule has 0 saturated carbocycles. The van der Waals surface area contributed by atoms with Crippen molar-refractivity contribution in [3.05, 3.63) is 52.8 Å². The number of alkyl halides is 3. The van der Waals surface area contributed by atoms with E-state index in [1.54, 1.807) is 24.3 Å². The van der Waals surface area contributed by atoms with Gasteiger partial charge in [0.25, 0.3) is 5.91 Å². The Morgan fingerprint density at radius 2 is 1.72 bits per heavy atom. The molecule has 1 heterocycles. The van der Waals surface area contributed by atoms with Crippen LogP contribution in [-0.2, 0) is 16.3 Å². The topological polar surface area (TPSA) is 93.2 Å². The van der Waals surface area contributed by atoms with Crippen LogP contribution < -0.4 is 10.9 Å². The monoisotopic (exact) mass is 410 g/mol. The molecule has 0 atom stereocenters. The van der Waals surface area contributed by atoms with Crippen LogP contribution in [0.3, 0.4) is 0 Å². The van der Waals surface area contributed by atoms with Gasteiger partial charge in [-0.1, -0.05) is 32.9 Å². The fourth-order valence-corrected chi connectivity index (χ4v) is 2.32. The summed E-state index contributed by atoms with van der Waals surface area (Å²) in [5.41, 5.74) is 3.41. The number of anilines is 1. The lowest BCUT2D eigenvalue weighted by Crippen LogP contribution is -2.31. The summed E-state index contributed by atoms with van der Waals surface area (Å²) in [6, 6.07) is 6.79. The van der Waals surface area contributed by atoms with Crippen LogP contribution in [0.2, 0.25) is 0 Å². The van der Waals surface area contributed by atoms with Crippen molar-refractivity contribution in [2.24, 2.45) is 0 Å². The Kier molecular flexibility index (Phi) is 6.45. The van der Waals surface area contributed by atoms with Gasteiger partial charge in [0.15, 0.2) is 5.69 Å². The summed E-state index contributed by atoms with van der Waals surface area (Å²) in [5.74, 6) is -2.29. The summed E-state index contributed by atoms with van der Waals surface area (Å²) in [6.45, 7) is 7.45. The first-order chi connectivity index (χ1) is 13.4. The molecule has 0 aliphatic rings. The van der Waals surface area contributed by atoms with E-state index < -0.39 is 35.3 Å². The Balaban J connectivity index is 2.16.